The number of hydrogen-bond acceptors (Lipinski definition) is 1. The lowest BCUT2D eigenvalue weighted by Gasteiger charge is -2.27. The minimum absolute atomic E-state index is 0.265. The van der Waals surface area contributed by atoms with Crippen LogP contribution in [0.25, 0.3) is 43.6 Å². The lowest BCUT2D eigenvalue weighted by atomic mass is 9.82. The molecule has 0 radical (unpaired) electrons. The lowest BCUT2D eigenvalue weighted by molar-refractivity contribution is -0.659. The van der Waals surface area contributed by atoms with Crippen LogP contribution in [0.5, 0.6) is 0 Å². The van der Waals surface area contributed by atoms with Crippen molar-refractivity contribution in [3.8, 4) is 11.3 Å². The molecule has 0 bridgehead atoms. The van der Waals surface area contributed by atoms with E-state index in [1.165, 1.54) is 102 Å². The summed E-state index contributed by atoms with van der Waals surface area (Å²) in [5, 5.41) is 8.54. The van der Waals surface area contributed by atoms with Crippen molar-refractivity contribution in [2.75, 3.05) is 0 Å². The normalized spacial score (nSPS) is 15.7. The van der Waals surface area contributed by atoms with Crippen LogP contribution in [-0.4, -0.2) is 0 Å². The Morgan fingerprint density at radius 3 is 2.40 bits per heavy atom. The topological polar surface area (TPSA) is 3.88 Å². The molecule has 1 aliphatic carbocycles. The molecule has 0 N–H and O–H groups in total. The minimum Gasteiger partial charge on any atom is -0.200 e. The van der Waals surface area contributed by atoms with Gasteiger partial charge in [0.1, 0.15) is 7.05 Å². The SMILES string of the molecule is Cc1c2c(c(CC(C)C)c3ccc(CC(C)(C)C)cc13)Sc1cc3ccc(C4CCCCC4)cc3c3cc[n+](C)c-2c13. The van der Waals surface area contributed by atoms with Crippen molar-refractivity contribution < 1.29 is 4.57 Å². The third-order valence-corrected chi connectivity index (χ3v) is 11.0. The van der Waals surface area contributed by atoms with Crippen molar-refractivity contribution in [3.05, 3.63) is 77.0 Å². The van der Waals surface area contributed by atoms with Gasteiger partial charge in [-0.25, -0.2) is 4.57 Å². The zero-order valence-electron chi connectivity index (χ0n) is 26.7. The molecule has 2 aliphatic rings. The summed E-state index contributed by atoms with van der Waals surface area (Å²) in [5.41, 5.74) is 9.07. The standard InChI is InChI=1S/C40H46NS/c1-24(2)19-34-30-16-13-26(23-40(4,5)6)20-32(30)25(3)36-38-37-31(17-18-41(38)7)33-21-28(27-11-9-8-10-12-27)14-15-29(33)22-35(37)42-39(34)36/h13-18,20-22,24,27H,8-12,19,23H2,1-7H3/q+1. The van der Waals surface area contributed by atoms with Gasteiger partial charge in [-0.3, -0.25) is 0 Å². The van der Waals surface area contributed by atoms with Crippen LogP contribution in [0, 0.1) is 18.3 Å². The van der Waals surface area contributed by atoms with Gasteiger partial charge in [0, 0.05) is 21.2 Å². The molecule has 0 saturated heterocycles. The zero-order valence-corrected chi connectivity index (χ0v) is 27.5. The molecular weight excluding hydrogens is 527 g/mol. The van der Waals surface area contributed by atoms with E-state index >= 15 is 0 Å². The molecule has 216 valence electrons. The molecule has 0 amide bonds. The number of benzene rings is 4. The summed E-state index contributed by atoms with van der Waals surface area (Å²) in [6.45, 7) is 14.2. The van der Waals surface area contributed by atoms with Gasteiger partial charge >= 0.3 is 0 Å². The van der Waals surface area contributed by atoms with E-state index in [-0.39, 0.29) is 5.41 Å². The average molecular weight is 573 g/mol. The fraction of sp³-hybridized carbons (Fsp3) is 0.425. The minimum atomic E-state index is 0.265. The third kappa shape index (κ3) is 4.75. The first-order valence-corrected chi connectivity index (χ1v) is 17.1. The Hall–Kier alpha value is -2.84. The summed E-state index contributed by atoms with van der Waals surface area (Å²) in [6, 6.07) is 19.6. The largest absolute Gasteiger partial charge is 0.222 e. The lowest BCUT2D eigenvalue weighted by Crippen LogP contribution is -2.32. The van der Waals surface area contributed by atoms with E-state index in [4.69, 9.17) is 0 Å². The molecular formula is C40H46NS+. The number of rotatable bonds is 4. The number of nitrogens with zero attached hydrogens (tertiary/aromatic N) is 1. The van der Waals surface area contributed by atoms with Crippen LogP contribution in [0.3, 0.4) is 0 Å². The van der Waals surface area contributed by atoms with Crippen molar-refractivity contribution in [2.24, 2.45) is 18.4 Å². The quantitative estimate of drug-likeness (QED) is 0.150. The summed E-state index contributed by atoms with van der Waals surface area (Å²) in [5.74, 6) is 1.31. The molecule has 1 saturated carbocycles. The maximum absolute atomic E-state index is 2.55. The van der Waals surface area contributed by atoms with Gasteiger partial charge in [0.25, 0.3) is 0 Å². The van der Waals surface area contributed by atoms with Gasteiger partial charge in [-0.15, -0.1) is 0 Å². The van der Waals surface area contributed by atoms with Crippen molar-refractivity contribution in [1.82, 2.24) is 0 Å². The van der Waals surface area contributed by atoms with Crippen molar-refractivity contribution in [2.45, 2.75) is 102 Å². The van der Waals surface area contributed by atoms with Crippen LogP contribution < -0.4 is 4.57 Å². The molecule has 5 aromatic rings. The highest BCUT2D eigenvalue weighted by Gasteiger charge is 2.33. The molecule has 0 atom stereocenters. The third-order valence-electron chi connectivity index (χ3n) is 9.79. The molecule has 42 heavy (non-hydrogen) atoms. The average Bonchev–Trinajstić information content (AvgIpc) is 2.95. The van der Waals surface area contributed by atoms with E-state index in [1.54, 1.807) is 5.56 Å². The highest BCUT2D eigenvalue weighted by Crippen LogP contribution is 2.53. The van der Waals surface area contributed by atoms with E-state index in [0.717, 1.165) is 18.8 Å². The number of aromatic nitrogens is 1. The van der Waals surface area contributed by atoms with E-state index in [1.807, 2.05) is 11.8 Å². The van der Waals surface area contributed by atoms with E-state index in [9.17, 15) is 0 Å². The van der Waals surface area contributed by atoms with Crippen LogP contribution in [-0.2, 0) is 19.9 Å². The Labute approximate surface area is 256 Å². The number of aryl methyl sites for hydroxylation is 2. The second-order valence-corrected chi connectivity index (χ2v) is 15.9. The molecule has 1 nitrogen and oxygen atoms in total. The Kier molecular flexibility index (Phi) is 6.93. The molecule has 0 unspecified atom stereocenters. The number of fused-ring (bicyclic) bond motifs is 5. The maximum atomic E-state index is 2.55. The molecule has 1 aliphatic heterocycles. The molecule has 0 spiro atoms. The summed E-state index contributed by atoms with van der Waals surface area (Å²) in [6.07, 6.45) is 11.3. The predicted octanol–water partition coefficient (Wildman–Crippen LogP) is 11.2. The summed E-state index contributed by atoms with van der Waals surface area (Å²) in [7, 11) is 2.25. The number of hydrogen-bond donors (Lipinski definition) is 0. The van der Waals surface area contributed by atoms with Gasteiger partial charge in [0.05, 0.1) is 10.9 Å². The van der Waals surface area contributed by atoms with E-state index in [2.05, 4.69) is 108 Å². The molecule has 7 rings (SSSR count). The first-order valence-electron chi connectivity index (χ1n) is 16.2. The van der Waals surface area contributed by atoms with Gasteiger partial charge in [-0.05, 0) is 99.7 Å². The Bertz CT molecular complexity index is 1860. The van der Waals surface area contributed by atoms with Crippen LogP contribution in [0.4, 0.5) is 0 Å². The Balaban J connectivity index is 1.52. The van der Waals surface area contributed by atoms with Crippen molar-refractivity contribution in [3.63, 3.8) is 0 Å². The van der Waals surface area contributed by atoms with Gasteiger partial charge < -0.3 is 0 Å². The van der Waals surface area contributed by atoms with Crippen LogP contribution in [0.1, 0.15) is 94.9 Å². The molecule has 1 aromatic heterocycles. The molecule has 1 fully saturated rings. The fourth-order valence-corrected chi connectivity index (χ4v) is 9.31. The van der Waals surface area contributed by atoms with Crippen molar-refractivity contribution >= 4 is 44.1 Å². The first-order chi connectivity index (χ1) is 20.1. The summed E-state index contributed by atoms with van der Waals surface area (Å²) < 4.78 is 2.40. The first kappa shape index (κ1) is 28.0. The van der Waals surface area contributed by atoms with Gasteiger partial charge in [0.2, 0.25) is 5.69 Å². The molecule has 2 heterocycles. The highest BCUT2D eigenvalue weighted by atomic mass is 32.2. The fourth-order valence-electron chi connectivity index (χ4n) is 7.92. The smallest absolute Gasteiger partial charge is 0.200 e. The number of pyridine rings is 1. The molecule has 2 heteroatoms. The molecule has 4 aromatic carbocycles. The Morgan fingerprint density at radius 1 is 0.881 bits per heavy atom. The van der Waals surface area contributed by atoms with Crippen LogP contribution >= 0.6 is 11.8 Å². The zero-order chi connectivity index (χ0) is 29.3. The predicted molar refractivity (Wildman–Crippen MR) is 182 cm³/mol. The van der Waals surface area contributed by atoms with Crippen LogP contribution in [0.15, 0.2) is 64.5 Å². The monoisotopic (exact) mass is 572 g/mol. The van der Waals surface area contributed by atoms with Crippen LogP contribution in [0.2, 0.25) is 0 Å². The second kappa shape index (κ2) is 10.4. The van der Waals surface area contributed by atoms with E-state index in [0.29, 0.717) is 5.92 Å². The van der Waals surface area contributed by atoms with Gasteiger partial charge in [-0.1, -0.05) is 102 Å². The van der Waals surface area contributed by atoms with Gasteiger partial charge in [0.15, 0.2) is 6.20 Å². The van der Waals surface area contributed by atoms with Crippen molar-refractivity contribution in [1.29, 1.82) is 0 Å². The summed E-state index contributed by atoms with van der Waals surface area (Å²) in [4.78, 5) is 2.89. The Morgan fingerprint density at radius 2 is 1.67 bits per heavy atom. The maximum Gasteiger partial charge on any atom is 0.222 e. The summed E-state index contributed by atoms with van der Waals surface area (Å²) >= 11 is 2.03. The van der Waals surface area contributed by atoms with E-state index < -0.39 is 0 Å². The second-order valence-electron chi connectivity index (χ2n) is 14.9. The highest BCUT2D eigenvalue weighted by molar-refractivity contribution is 8.00. The van der Waals surface area contributed by atoms with Gasteiger partial charge in [-0.2, -0.15) is 0 Å².